The minimum Gasteiger partial charge on any atom is -0.481 e. The van der Waals surface area contributed by atoms with Gasteiger partial charge in [0.05, 0.1) is 30.2 Å². The number of hydrogen-bond acceptors (Lipinski definition) is 6. The molecule has 2 aromatic carbocycles. The van der Waals surface area contributed by atoms with Crippen LogP contribution in [0.5, 0.6) is 0 Å². The summed E-state index contributed by atoms with van der Waals surface area (Å²) in [4.78, 5) is 39.5. The van der Waals surface area contributed by atoms with E-state index in [1.165, 1.54) is 34.1 Å². The molecule has 3 aromatic heterocycles. The maximum atomic E-state index is 15.4. The number of hydrogen-bond donors (Lipinski definition) is 1. The number of carbonyl (C=O) groups is 2. The van der Waals surface area contributed by atoms with Gasteiger partial charge in [-0.1, -0.05) is 30.3 Å². The second kappa shape index (κ2) is 10.3. The van der Waals surface area contributed by atoms with E-state index in [1.54, 1.807) is 36.4 Å². The van der Waals surface area contributed by atoms with E-state index in [0.29, 0.717) is 29.1 Å². The summed E-state index contributed by atoms with van der Waals surface area (Å²) >= 11 is 0. The maximum Gasteiger partial charge on any atom is 0.303 e. The van der Waals surface area contributed by atoms with Crippen LogP contribution in [-0.4, -0.2) is 53.0 Å². The van der Waals surface area contributed by atoms with E-state index in [0.717, 1.165) is 11.1 Å². The Morgan fingerprint density at radius 3 is 2.60 bits per heavy atom. The minimum absolute atomic E-state index is 0.0106. The highest BCUT2D eigenvalue weighted by Crippen LogP contribution is 2.50. The van der Waals surface area contributed by atoms with Gasteiger partial charge in [-0.2, -0.15) is 5.10 Å². The van der Waals surface area contributed by atoms with Gasteiger partial charge in [0.25, 0.3) is 5.91 Å². The topological polar surface area (TPSA) is 114 Å². The molecule has 1 N–H and O–H groups in total. The van der Waals surface area contributed by atoms with Gasteiger partial charge < -0.3 is 10.0 Å². The van der Waals surface area contributed by atoms with Crippen molar-refractivity contribution in [2.24, 2.45) is 5.92 Å². The molecule has 0 unspecified atom stereocenters. The van der Waals surface area contributed by atoms with Crippen LogP contribution in [0.4, 0.5) is 8.78 Å². The number of carboxylic acid groups (broad SMARTS) is 1. The van der Waals surface area contributed by atoms with Crippen LogP contribution in [0.25, 0.3) is 28.3 Å². The Hall–Kier alpha value is -5.06. The summed E-state index contributed by atoms with van der Waals surface area (Å²) in [5, 5.41) is 13.7. The Kier molecular flexibility index (Phi) is 6.45. The number of aromatic nitrogens is 5. The van der Waals surface area contributed by atoms with Gasteiger partial charge in [-0.3, -0.25) is 19.6 Å². The van der Waals surface area contributed by atoms with E-state index in [4.69, 9.17) is 5.11 Å². The fraction of sp³-hybridized carbons (Fsp3) is 0.250. The molecule has 1 aliphatic heterocycles. The van der Waals surface area contributed by atoms with Crippen LogP contribution in [-0.2, 0) is 4.79 Å². The van der Waals surface area contributed by atoms with Crippen LogP contribution in [0.2, 0.25) is 0 Å². The number of aliphatic carboxylic acids is 1. The van der Waals surface area contributed by atoms with E-state index in [9.17, 15) is 9.59 Å². The SMILES string of the molecule is C[C@@H]1c2ccccc2[C@@H](F)CN1C(=O)c1cc(-c2cnccn2)n2nc(-c3ccc([C@H]4C[C@@H]4CC(=O)O)cc3F)cc2n1. The van der Waals surface area contributed by atoms with E-state index < -0.39 is 23.9 Å². The molecule has 1 aliphatic carbocycles. The van der Waals surface area contributed by atoms with Crippen LogP contribution in [0.1, 0.15) is 65.1 Å². The Morgan fingerprint density at radius 1 is 1.05 bits per heavy atom. The quantitative estimate of drug-likeness (QED) is 0.270. The van der Waals surface area contributed by atoms with Crippen LogP contribution in [0, 0.1) is 11.7 Å². The fourth-order valence-electron chi connectivity index (χ4n) is 6.08. The van der Waals surface area contributed by atoms with Crippen molar-refractivity contribution in [1.29, 1.82) is 0 Å². The molecule has 0 radical (unpaired) electrons. The first-order valence-electron chi connectivity index (χ1n) is 14.0. The normalized spacial score (nSPS) is 21.0. The van der Waals surface area contributed by atoms with Gasteiger partial charge in [-0.25, -0.2) is 18.3 Å². The Bertz CT molecular complexity index is 1900. The molecule has 0 spiro atoms. The van der Waals surface area contributed by atoms with Crippen molar-refractivity contribution < 1.29 is 23.5 Å². The second-order valence-corrected chi connectivity index (χ2v) is 11.1. The van der Waals surface area contributed by atoms with Crippen molar-refractivity contribution in [3.05, 3.63) is 101 Å². The molecule has 4 atom stereocenters. The standard InChI is InChI=1S/C32H26F2N6O3/c1-17-20-4-2-3-5-21(20)25(34)16-39(17)32(43)27-13-29(28-15-35-8-9-36-28)40-30(37-27)14-26(38-40)22-7-6-18(11-24(22)33)23-10-19(23)12-31(41)42/h2-9,11,13-15,17,19,23,25H,10,12,16H2,1H3,(H,41,42)/t17-,19-,23-,25+/m1/s1. The molecule has 2 aliphatic rings. The van der Waals surface area contributed by atoms with E-state index in [-0.39, 0.29) is 47.7 Å². The van der Waals surface area contributed by atoms with Gasteiger partial charge in [-0.15, -0.1) is 0 Å². The number of halogens is 2. The van der Waals surface area contributed by atoms with Crippen molar-refractivity contribution in [2.45, 2.75) is 37.9 Å². The smallest absolute Gasteiger partial charge is 0.303 e. The predicted octanol–water partition coefficient (Wildman–Crippen LogP) is 5.80. The van der Waals surface area contributed by atoms with Crippen molar-refractivity contribution in [3.8, 4) is 22.6 Å². The zero-order valence-corrected chi connectivity index (χ0v) is 23.1. The average Bonchev–Trinajstić information content (AvgIpc) is 3.63. The van der Waals surface area contributed by atoms with E-state index >= 15 is 8.78 Å². The first-order valence-corrected chi connectivity index (χ1v) is 14.0. The lowest BCUT2D eigenvalue weighted by atomic mass is 9.92. The lowest BCUT2D eigenvalue weighted by molar-refractivity contribution is -0.137. The summed E-state index contributed by atoms with van der Waals surface area (Å²) in [6.07, 6.45) is 4.01. The molecular formula is C32H26F2N6O3. The van der Waals surface area contributed by atoms with Gasteiger partial charge in [0, 0.05) is 30.4 Å². The second-order valence-electron chi connectivity index (χ2n) is 11.1. The Labute approximate surface area is 244 Å². The largest absolute Gasteiger partial charge is 0.481 e. The molecule has 5 aromatic rings. The number of alkyl halides is 1. The van der Waals surface area contributed by atoms with Crippen LogP contribution in [0.15, 0.2) is 73.2 Å². The minimum atomic E-state index is -1.33. The lowest BCUT2D eigenvalue weighted by Gasteiger charge is -2.36. The third-order valence-electron chi connectivity index (χ3n) is 8.40. The number of rotatable bonds is 6. The van der Waals surface area contributed by atoms with Gasteiger partial charge in [0.2, 0.25) is 0 Å². The fourth-order valence-corrected chi connectivity index (χ4v) is 6.08. The summed E-state index contributed by atoms with van der Waals surface area (Å²) in [5.74, 6) is -1.77. The van der Waals surface area contributed by atoms with Crippen LogP contribution in [0.3, 0.4) is 0 Å². The summed E-state index contributed by atoms with van der Waals surface area (Å²) < 4.78 is 32.1. The molecular weight excluding hydrogens is 554 g/mol. The molecule has 4 heterocycles. The number of carboxylic acids is 1. The van der Waals surface area contributed by atoms with E-state index in [2.05, 4.69) is 20.1 Å². The molecule has 0 bridgehead atoms. The Balaban J connectivity index is 1.27. The Morgan fingerprint density at radius 2 is 1.86 bits per heavy atom. The van der Waals surface area contributed by atoms with Crippen LogP contribution < -0.4 is 0 Å². The molecule has 11 heteroatoms. The van der Waals surface area contributed by atoms with Crippen LogP contribution >= 0.6 is 0 Å². The first kappa shape index (κ1) is 26.8. The summed E-state index contributed by atoms with van der Waals surface area (Å²) in [5.41, 5.74) is 3.83. The van der Waals surface area contributed by atoms with Gasteiger partial charge in [0.1, 0.15) is 23.4 Å². The van der Waals surface area contributed by atoms with Gasteiger partial charge in [-0.05, 0) is 60.1 Å². The summed E-state index contributed by atoms with van der Waals surface area (Å²) in [6.45, 7) is 1.75. The van der Waals surface area contributed by atoms with Crippen molar-refractivity contribution in [3.63, 3.8) is 0 Å². The highest BCUT2D eigenvalue weighted by molar-refractivity contribution is 5.94. The van der Waals surface area contributed by atoms with Crippen molar-refractivity contribution >= 4 is 17.5 Å². The third-order valence-corrected chi connectivity index (χ3v) is 8.40. The first-order chi connectivity index (χ1) is 20.8. The highest BCUT2D eigenvalue weighted by atomic mass is 19.1. The number of carbonyl (C=O) groups excluding carboxylic acids is 1. The maximum absolute atomic E-state index is 15.4. The molecule has 216 valence electrons. The lowest BCUT2D eigenvalue weighted by Crippen LogP contribution is -2.40. The molecule has 43 heavy (non-hydrogen) atoms. The molecule has 1 fully saturated rings. The summed E-state index contributed by atoms with van der Waals surface area (Å²) in [7, 11) is 0. The summed E-state index contributed by atoms with van der Waals surface area (Å²) in [6, 6.07) is 14.8. The monoisotopic (exact) mass is 580 g/mol. The predicted molar refractivity (Wildman–Crippen MR) is 152 cm³/mol. The van der Waals surface area contributed by atoms with Crippen molar-refractivity contribution in [2.75, 3.05) is 6.54 Å². The average molecular weight is 581 g/mol. The molecule has 9 nitrogen and oxygen atoms in total. The van der Waals surface area contributed by atoms with Crippen molar-refractivity contribution in [1.82, 2.24) is 29.5 Å². The number of fused-ring (bicyclic) bond motifs is 2. The molecule has 0 saturated heterocycles. The highest BCUT2D eigenvalue weighted by Gasteiger charge is 2.40. The number of amides is 1. The number of nitrogens with zero attached hydrogens (tertiary/aromatic N) is 6. The van der Waals surface area contributed by atoms with E-state index in [1.807, 2.05) is 19.1 Å². The zero-order chi connectivity index (χ0) is 29.8. The number of benzene rings is 2. The molecule has 1 saturated carbocycles. The van der Waals surface area contributed by atoms with Gasteiger partial charge in [0.15, 0.2) is 5.65 Å². The third kappa shape index (κ3) is 4.80. The zero-order valence-electron chi connectivity index (χ0n) is 23.1. The molecule has 7 rings (SSSR count). The molecule has 1 amide bonds. The van der Waals surface area contributed by atoms with Gasteiger partial charge >= 0.3 is 5.97 Å².